The molecule has 0 aromatic carbocycles. The molecular weight excluding hydrogens is 120 g/mol. The highest BCUT2D eigenvalue weighted by molar-refractivity contribution is 5.88. The predicted octanol–water partition coefficient (Wildman–Crippen LogP) is -1.09. The predicted molar refractivity (Wildman–Crippen MR) is 29.5 cm³/mol. The first-order chi connectivity index (χ1) is 4.20. The van der Waals surface area contributed by atoms with Gasteiger partial charge in [0.25, 0.3) is 5.91 Å². The minimum absolute atomic E-state index is 0.0532. The lowest BCUT2D eigenvalue weighted by molar-refractivity contribution is 0.0990. The fraction of sp³-hybridized carbons (Fsp3) is 0.250. The van der Waals surface area contributed by atoms with Gasteiger partial charge in [0.1, 0.15) is 6.33 Å². The smallest absolute Gasteiger partial charge is 0.288 e. The number of hydrogen-bond acceptors (Lipinski definition) is 3. The molecule has 48 valence electrons. The standard InChI is InChI=1S/C4H6N4O/c1-8-2-6-4(7-8)3(5)9/h2H,1H3,(H2,5,9). The lowest BCUT2D eigenvalue weighted by Gasteiger charge is -1.81. The van der Waals surface area contributed by atoms with E-state index < -0.39 is 5.91 Å². The number of amides is 1. The van der Waals surface area contributed by atoms with Crippen LogP contribution in [0.25, 0.3) is 0 Å². The largest absolute Gasteiger partial charge is 0.363 e. The molecule has 0 saturated heterocycles. The van der Waals surface area contributed by atoms with E-state index in [4.69, 9.17) is 5.73 Å². The van der Waals surface area contributed by atoms with Crippen LogP contribution < -0.4 is 5.73 Å². The summed E-state index contributed by atoms with van der Waals surface area (Å²) in [6, 6.07) is 0. The fourth-order valence-corrected chi connectivity index (χ4v) is 0.452. The van der Waals surface area contributed by atoms with Crippen LogP contribution in [-0.2, 0) is 7.05 Å². The highest BCUT2D eigenvalue weighted by atomic mass is 16.1. The van der Waals surface area contributed by atoms with Crippen molar-refractivity contribution in [2.24, 2.45) is 12.8 Å². The molecule has 0 aliphatic carbocycles. The van der Waals surface area contributed by atoms with Crippen molar-refractivity contribution < 1.29 is 4.79 Å². The van der Waals surface area contributed by atoms with E-state index in [9.17, 15) is 4.79 Å². The summed E-state index contributed by atoms with van der Waals surface area (Å²) in [4.78, 5) is 13.9. The van der Waals surface area contributed by atoms with Gasteiger partial charge >= 0.3 is 0 Å². The lowest BCUT2D eigenvalue weighted by atomic mass is 10.6. The summed E-state index contributed by atoms with van der Waals surface area (Å²) in [7, 11) is 1.67. The van der Waals surface area contributed by atoms with Gasteiger partial charge in [0, 0.05) is 7.05 Å². The van der Waals surface area contributed by atoms with Crippen molar-refractivity contribution >= 4 is 5.91 Å². The van der Waals surface area contributed by atoms with E-state index in [0.29, 0.717) is 0 Å². The molecule has 0 atom stereocenters. The van der Waals surface area contributed by atoms with Gasteiger partial charge in [0.05, 0.1) is 0 Å². The summed E-state index contributed by atoms with van der Waals surface area (Å²) in [5, 5.41) is 3.64. The monoisotopic (exact) mass is 126 g/mol. The number of aryl methyl sites for hydroxylation is 1. The van der Waals surface area contributed by atoms with Crippen LogP contribution in [0, 0.1) is 0 Å². The molecule has 1 aromatic rings. The highest BCUT2D eigenvalue weighted by Crippen LogP contribution is 1.82. The quantitative estimate of drug-likeness (QED) is 0.519. The number of primary amides is 1. The Bertz CT molecular complexity index is 228. The Morgan fingerprint density at radius 2 is 2.56 bits per heavy atom. The molecule has 0 unspecified atom stereocenters. The van der Waals surface area contributed by atoms with Crippen LogP contribution in [0.4, 0.5) is 0 Å². The van der Waals surface area contributed by atoms with E-state index in [-0.39, 0.29) is 5.82 Å². The van der Waals surface area contributed by atoms with Gasteiger partial charge in [-0.2, -0.15) is 0 Å². The zero-order valence-corrected chi connectivity index (χ0v) is 4.90. The molecule has 0 aliphatic rings. The van der Waals surface area contributed by atoms with Gasteiger partial charge in [-0.25, -0.2) is 4.98 Å². The molecule has 1 aromatic heterocycles. The molecule has 2 N–H and O–H groups in total. The molecule has 0 spiro atoms. The zero-order valence-electron chi connectivity index (χ0n) is 4.90. The maximum Gasteiger partial charge on any atom is 0.288 e. The van der Waals surface area contributed by atoms with Crippen molar-refractivity contribution in [3.8, 4) is 0 Å². The zero-order chi connectivity index (χ0) is 6.85. The Balaban J connectivity index is 2.98. The summed E-state index contributed by atoms with van der Waals surface area (Å²) in [6.45, 7) is 0. The molecule has 0 fully saturated rings. The van der Waals surface area contributed by atoms with E-state index in [0.717, 1.165) is 0 Å². The molecule has 5 heteroatoms. The van der Waals surface area contributed by atoms with Gasteiger partial charge < -0.3 is 5.73 Å². The fourth-order valence-electron chi connectivity index (χ4n) is 0.452. The van der Waals surface area contributed by atoms with Crippen LogP contribution in [0.15, 0.2) is 6.33 Å². The minimum Gasteiger partial charge on any atom is -0.363 e. The second kappa shape index (κ2) is 1.85. The summed E-state index contributed by atoms with van der Waals surface area (Å²) in [5.74, 6) is -0.548. The van der Waals surface area contributed by atoms with Crippen LogP contribution in [0.2, 0.25) is 0 Å². The summed E-state index contributed by atoms with van der Waals surface area (Å²) < 4.78 is 1.42. The van der Waals surface area contributed by atoms with Crippen LogP contribution in [0.5, 0.6) is 0 Å². The van der Waals surface area contributed by atoms with Crippen LogP contribution in [0.3, 0.4) is 0 Å². The third-order valence-corrected chi connectivity index (χ3v) is 0.820. The first-order valence-corrected chi connectivity index (χ1v) is 2.35. The van der Waals surface area contributed by atoms with Gasteiger partial charge in [0.2, 0.25) is 5.82 Å². The average molecular weight is 126 g/mol. The number of hydrogen-bond donors (Lipinski definition) is 1. The Morgan fingerprint density at radius 3 is 2.78 bits per heavy atom. The van der Waals surface area contributed by atoms with Crippen LogP contribution in [0.1, 0.15) is 10.6 Å². The molecule has 1 heterocycles. The molecule has 0 radical (unpaired) electrons. The third kappa shape index (κ3) is 1.04. The first kappa shape index (κ1) is 5.74. The number of carbonyl (C=O) groups excluding carboxylic acids is 1. The Kier molecular flexibility index (Phi) is 1.18. The van der Waals surface area contributed by atoms with Crippen molar-refractivity contribution in [1.29, 1.82) is 0 Å². The van der Waals surface area contributed by atoms with Gasteiger partial charge in [-0.05, 0) is 0 Å². The van der Waals surface area contributed by atoms with Crippen LogP contribution >= 0.6 is 0 Å². The van der Waals surface area contributed by atoms with Gasteiger partial charge in [0.15, 0.2) is 0 Å². The number of carbonyl (C=O) groups is 1. The van der Waals surface area contributed by atoms with Gasteiger partial charge in [-0.15, -0.1) is 5.10 Å². The maximum absolute atomic E-state index is 10.3. The number of nitrogens with two attached hydrogens (primary N) is 1. The molecule has 0 saturated carbocycles. The Morgan fingerprint density at radius 1 is 1.89 bits per heavy atom. The molecule has 1 rings (SSSR count). The third-order valence-electron chi connectivity index (χ3n) is 0.820. The van der Waals surface area contributed by atoms with E-state index in [1.54, 1.807) is 7.05 Å². The van der Waals surface area contributed by atoms with E-state index in [2.05, 4.69) is 10.1 Å². The van der Waals surface area contributed by atoms with Gasteiger partial charge in [-0.1, -0.05) is 0 Å². The highest BCUT2D eigenvalue weighted by Gasteiger charge is 2.02. The Hall–Kier alpha value is -1.39. The van der Waals surface area contributed by atoms with Crippen molar-refractivity contribution in [2.75, 3.05) is 0 Å². The van der Waals surface area contributed by atoms with Crippen molar-refractivity contribution in [2.45, 2.75) is 0 Å². The maximum atomic E-state index is 10.3. The Labute approximate surface area is 51.5 Å². The van der Waals surface area contributed by atoms with Crippen molar-refractivity contribution in [1.82, 2.24) is 14.8 Å². The normalized spacial score (nSPS) is 9.44. The minimum atomic E-state index is -0.601. The first-order valence-electron chi connectivity index (χ1n) is 2.35. The molecule has 0 aliphatic heterocycles. The molecular formula is C4H6N4O. The van der Waals surface area contributed by atoms with Gasteiger partial charge in [-0.3, -0.25) is 9.48 Å². The number of aromatic nitrogens is 3. The van der Waals surface area contributed by atoms with Crippen molar-refractivity contribution in [3.63, 3.8) is 0 Å². The molecule has 0 bridgehead atoms. The number of rotatable bonds is 1. The van der Waals surface area contributed by atoms with Crippen molar-refractivity contribution in [3.05, 3.63) is 12.2 Å². The molecule has 9 heavy (non-hydrogen) atoms. The van der Waals surface area contributed by atoms with E-state index >= 15 is 0 Å². The summed E-state index contributed by atoms with van der Waals surface area (Å²) in [5.41, 5.74) is 4.85. The summed E-state index contributed by atoms with van der Waals surface area (Å²) in [6.07, 6.45) is 1.42. The SMILES string of the molecule is Cn1cnc(C(N)=O)n1. The number of nitrogens with zero attached hydrogens (tertiary/aromatic N) is 3. The van der Waals surface area contributed by atoms with Crippen LogP contribution in [-0.4, -0.2) is 20.7 Å². The topological polar surface area (TPSA) is 73.8 Å². The lowest BCUT2D eigenvalue weighted by Crippen LogP contribution is -2.13. The summed E-state index contributed by atoms with van der Waals surface area (Å²) >= 11 is 0. The molecule has 1 amide bonds. The second-order valence-electron chi connectivity index (χ2n) is 1.61. The van der Waals surface area contributed by atoms with E-state index in [1.165, 1.54) is 11.0 Å². The molecule has 5 nitrogen and oxygen atoms in total. The average Bonchev–Trinajstić information content (AvgIpc) is 2.14. The second-order valence-corrected chi connectivity index (χ2v) is 1.61. The van der Waals surface area contributed by atoms with E-state index in [1.807, 2.05) is 0 Å².